The van der Waals surface area contributed by atoms with E-state index in [1.807, 2.05) is 0 Å². The number of benzene rings is 1. The topological polar surface area (TPSA) is 84.5 Å². The molecule has 0 atom stereocenters. The highest BCUT2D eigenvalue weighted by Gasteiger charge is 2.22. The van der Waals surface area contributed by atoms with Crippen molar-refractivity contribution in [2.24, 2.45) is 5.92 Å². The van der Waals surface area contributed by atoms with Gasteiger partial charge in [0.1, 0.15) is 0 Å². The van der Waals surface area contributed by atoms with E-state index in [4.69, 9.17) is 16.3 Å². The Balaban J connectivity index is 2.04. The Labute approximate surface area is 145 Å². The van der Waals surface area contributed by atoms with Gasteiger partial charge in [-0.2, -0.15) is 0 Å². The third-order valence-corrected chi connectivity index (χ3v) is 3.62. The van der Waals surface area contributed by atoms with E-state index in [-0.39, 0.29) is 18.1 Å². The van der Waals surface area contributed by atoms with Crippen molar-refractivity contribution in [2.75, 3.05) is 18.5 Å². The molecule has 24 heavy (non-hydrogen) atoms. The molecule has 6 nitrogen and oxygen atoms in total. The molecule has 0 saturated heterocycles. The van der Waals surface area contributed by atoms with Gasteiger partial charge in [-0.05, 0) is 43.9 Å². The molecule has 0 radical (unpaired) electrons. The van der Waals surface area contributed by atoms with Crippen molar-refractivity contribution in [3.63, 3.8) is 0 Å². The van der Waals surface area contributed by atoms with E-state index in [2.05, 4.69) is 10.6 Å². The lowest BCUT2D eigenvalue weighted by Gasteiger charge is -2.11. The molecule has 1 aliphatic rings. The molecule has 1 aromatic rings. The van der Waals surface area contributed by atoms with Gasteiger partial charge in [-0.1, -0.05) is 11.6 Å². The molecule has 0 heterocycles. The third kappa shape index (κ3) is 5.70. The van der Waals surface area contributed by atoms with Crippen LogP contribution >= 0.6 is 11.6 Å². The first kappa shape index (κ1) is 18.0. The summed E-state index contributed by atoms with van der Waals surface area (Å²) in [6.07, 6.45) is 4.33. The SMILES string of the molecule is CCOC(=O)/C=C\C(=O)Nc1ccc(Cl)cc1C(=O)NCC1CC1. The number of halogens is 1. The lowest BCUT2D eigenvalue weighted by atomic mass is 10.1. The second kappa shape index (κ2) is 8.49. The lowest BCUT2D eigenvalue weighted by Crippen LogP contribution is -2.27. The van der Waals surface area contributed by atoms with Crippen molar-refractivity contribution in [1.82, 2.24) is 5.32 Å². The van der Waals surface area contributed by atoms with E-state index in [1.54, 1.807) is 19.1 Å². The number of amides is 2. The molecule has 1 saturated carbocycles. The zero-order valence-corrected chi connectivity index (χ0v) is 14.1. The standard InChI is InChI=1S/C17H19ClN2O4/c1-2-24-16(22)8-7-15(21)20-14-6-5-12(18)9-13(14)17(23)19-10-11-3-4-11/h5-9,11H,2-4,10H2,1H3,(H,19,23)(H,20,21)/b8-7-. The van der Waals surface area contributed by atoms with Crippen molar-refractivity contribution in [2.45, 2.75) is 19.8 Å². The van der Waals surface area contributed by atoms with Crippen LogP contribution < -0.4 is 10.6 Å². The van der Waals surface area contributed by atoms with Crippen LogP contribution in [0, 0.1) is 5.92 Å². The summed E-state index contributed by atoms with van der Waals surface area (Å²) in [6.45, 7) is 2.51. The van der Waals surface area contributed by atoms with Crippen molar-refractivity contribution >= 4 is 35.1 Å². The Morgan fingerprint density at radius 3 is 2.71 bits per heavy atom. The molecule has 0 unspecified atom stereocenters. The van der Waals surface area contributed by atoms with E-state index in [0.717, 1.165) is 25.0 Å². The van der Waals surface area contributed by atoms with Gasteiger partial charge in [0.05, 0.1) is 17.9 Å². The molecular formula is C17H19ClN2O4. The maximum atomic E-state index is 12.3. The van der Waals surface area contributed by atoms with E-state index in [0.29, 0.717) is 23.2 Å². The number of esters is 1. The van der Waals surface area contributed by atoms with Crippen molar-refractivity contribution < 1.29 is 19.1 Å². The Hall–Kier alpha value is -2.34. The summed E-state index contributed by atoms with van der Waals surface area (Å²) >= 11 is 5.94. The normalized spacial score (nSPS) is 13.6. The first-order valence-corrected chi connectivity index (χ1v) is 8.11. The van der Waals surface area contributed by atoms with Crippen molar-refractivity contribution in [3.05, 3.63) is 40.9 Å². The zero-order chi connectivity index (χ0) is 17.5. The summed E-state index contributed by atoms with van der Waals surface area (Å²) in [5.41, 5.74) is 0.604. The van der Waals surface area contributed by atoms with Gasteiger partial charge in [0.25, 0.3) is 5.91 Å². The highest BCUT2D eigenvalue weighted by molar-refractivity contribution is 6.31. The molecule has 0 aromatic heterocycles. The molecule has 1 aliphatic carbocycles. The number of ether oxygens (including phenoxy) is 1. The largest absolute Gasteiger partial charge is 0.463 e. The lowest BCUT2D eigenvalue weighted by molar-refractivity contribution is -0.137. The average Bonchev–Trinajstić information content (AvgIpc) is 3.37. The molecule has 2 amide bonds. The van der Waals surface area contributed by atoms with Crippen LogP contribution in [-0.4, -0.2) is 30.9 Å². The Morgan fingerprint density at radius 2 is 2.04 bits per heavy atom. The smallest absolute Gasteiger partial charge is 0.330 e. The predicted molar refractivity (Wildman–Crippen MR) is 90.9 cm³/mol. The first-order chi connectivity index (χ1) is 11.5. The van der Waals surface area contributed by atoms with Crippen molar-refractivity contribution in [3.8, 4) is 0 Å². The number of hydrogen-bond acceptors (Lipinski definition) is 4. The molecular weight excluding hydrogens is 332 g/mol. The minimum Gasteiger partial charge on any atom is -0.463 e. The minimum atomic E-state index is -0.605. The van der Waals surface area contributed by atoms with Crippen LogP contribution in [0.2, 0.25) is 5.02 Å². The minimum absolute atomic E-state index is 0.229. The van der Waals surface area contributed by atoms with Crippen LogP contribution in [0.25, 0.3) is 0 Å². The average molecular weight is 351 g/mol. The highest BCUT2D eigenvalue weighted by atomic mass is 35.5. The van der Waals surface area contributed by atoms with Gasteiger partial charge in [0.15, 0.2) is 0 Å². The van der Waals surface area contributed by atoms with Gasteiger partial charge < -0.3 is 15.4 Å². The Morgan fingerprint density at radius 1 is 1.29 bits per heavy atom. The Bertz CT molecular complexity index is 669. The van der Waals surface area contributed by atoms with E-state index >= 15 is 0 Å². The van der Waals surface area contributed by atoms with Crippen LogP contribution in [-0.2, 0) is 14.3 Å². The summed E-state index contributed by atoms with van der Waals surface area (Å²) in [6, 6.07) is 4.61. The molecule has 0 spiro atoms. The summed E-state index contributed by atoms with van der Waals surface area (Å²) in [7, 11) is 0. The van der Waals surface area contributed by atoms with Crippen LogP contribution in [0.5, 0.6) is 0 Å². The molecule has 1 aromatic carbocycles. The van der Waals surface area contributed by atoms with Gasteiger partial charge >= 0.3 is 5.97 Å². The number of hydrogen-bond donors (Lipinski definition) is 2. The number of anilines is 1. The molecule has 1 fully saturated rings. The van der Waals surface area contributed by atoms with Crippen LogP contribution in [0.1, 0.15) is 30.1 Å². The summed E-state index contributed by atoms with van der Waals surface area (Å²) < 4.78 is 4.69. The number of carbonyl (C=O) groups excluding carboxylic acids is 3. The maximum absolute atomic E-state index is 12.3. The second-order valence-corrected chi connectivity index (χ2v) is 5.85. The number of carbonyl (C=O) groups is 3. The fourth-order valence-corrected chi connectivity index (χ4v) is 2.15. The molecule has 0 aliphatic heterocycles. The maximum Gasteiger partial charge on any atom is 0.330 e. The number of nitrogens with one attached hydrogen (secondary N) is 2. The van der Waals surface area contributed by atoms with Gasteiger partial charge in [-0.15, -0.1) is 0 Å². The summed E-state index contributed by atoms with van der Waals surface area (Å²) in [5.74, 6) is -0.902. The molecule has 2 rings (SSSR count). The highest BCUT2D eigenvalue weighted by Crippen LogP contribution is 2.28. The van der Waals surface area contributed by atoms with Gasteiger partial charge in [0, 0.05) is 23.7 Å². The quantitative estimate of drug-likeness (QED) is 0.584. The van der Waals surface area contributed by atoms with Crippen molar-refractivity contribution in [1.29, 1.82) is 0 Å². The second-order valence-electron chi connectivity index (χ2n) is 5.42. The fourth-order valence-electron chi connectivity index (χ4n) is 1.98. The molecule has 7 heteroatoms. The van der Waals surface area contributed by atoms with Gasteiger partial charge in [-0.3, -0.25) is 9.59 Å². The van der Waals surface area contributed by atoms with E-state index < -0.39 is 11.9 Å². The summed E-state index contributed by atoms with van der Waals surface area (Å²) in [4.78, 5) is 35.4. The van der Waals surface area contributed by atoms with E-state index in [9.17, 15) is 14.4 Å². The third-order valence-electron chi connectivity index (χ3n) is 3.39. The van der Waals surface area contributed by atoms with Gasteiger partial charge in [-0.25, -0.2) is 4.79 Å². The Kier molecular flexibility index (Phi) is 6.37. The van der Waals surface area contributed by atoms with E-state index in [1.165, 1.54) is 6.07 Å². The monoisotopic (exact) mass is 350 g/mol. The molecule has 128 valence electrons. The predicted octanol–water partition coefficient (Wildman–Crippen LogP) is 2.54. The molecule has 2 N–H and O–H groups in total. The fraction of sp³-hybridized carbons (Fsp3) is 0.353. The van der Waals surface area contributed by atoms with Gasteiger partial charge in [0.2, 0.25) is 5.91 Å². The first-order valence-electron chi connectivity index (χ1n) is 7.73. The van der Waals surface area contributed by atoms with Crippen LogP contribution in [0.4, 0.5) is 5.69 Å². The molecule has 0 bridgehead atoms. The number of rotatable bonds is 7. The van der Waals surface area contributed by atoms with Crippen LogP contribution in [0.15, 0.2) is 30.4 Å². The van der Waals surface area contributed by atoms with Crippen LogP contribution in [0.3, 0.4) is 0 Å². The zero-order valence-electron chi connectivity index (χ0n) is 13.3. The summed E-state index contributed by atoms with van der Waals surface area (Å²) in [5, 5.41) is 5.79.